The molecule has 1 aliphatic carbocycles. The maximum atomic E-state index is 15.5. The molecule has 1 saturated heterocycles. The predicted octanol–water partition coefficient (Wildman–Crippen LogP) is 3.21. The fourth-order valence-corrected chi connectivity index (χ4v) is 6.10. The Hall–Kier alpha value is -2.39. The molecule has 2 aromatic heterocycles. The van der Waals surface area contributed by atoms with E-state index in [-0.39, 0.29) is 16.8 Å². The zero-order valence-electron chi connectivity index (χ0n) is 18.0. The van der Waals surface area contributed by atoms with Crippen molar-refractivity contribution in [1.29, 1.82) is 0 Å². The predicted molar refractivity (Wildman–Crippen MR) is 122 cm³/mol. The summed E-state index contributed by atoms with van der Waals surface area (Å²) in [5.41, 5.74) is 0.163. The monoisotopic (exact) mass is 446 g/mol. The molecule has 31 heavy (non-hydrogen) atoms. The van der Waals surface area contributed by atoms with Crippen LogP contribution >= 0.6 is 11.5 Å². The highest BCUT2D eigenvalue weighted by Crippen LogP contribution is 2.46. The number of nitrogens with zero attached hydrogens (tertiary/aromatic N) is 2. The molecule has 5 rings (SSSR count). The lowest BCUT2D eigenvalue weighted by Gasteiger charge is -2.26. The Bertz CT molecular complexity index is 1270. The standard InChI is InChI=1S/C22H27FN4O3S/c1-4-15(24-2)11-7-8-26(10-11)18-14(23)9-13-17(20(18)30-3)27(12-5-6-12)22-16(19(13)28)21(29)25-31-22/h9,11-12,15,24H,4-8,10H2,1-3H3,(H,25,29)/t11-,15+/m0/s1. The molecule has 7 nitrogen and oxygen atoms in total. The van der Waals surface area contributed by atoms with Gasteiger partial charge in [-0.1, -0.05) is 6.92 Å². The summed E-state index contributed by atoms with van der Waals surface area (Å²) in [6.45, 7) is 3.61. The molecular weight excluding hydrogens is 419 g/mol. The summed E-state index contributed by atoms with van der Waals surface area (Å²) in [4.78, 5) is 28.1. The van der Waals surface area contributed by atoms with Gasteiger partial charge in [-0.05, 0) is 56.2 Å². The minimum absolute atomic E-state index is 0.111. The van der Waals surface area contributed by atoms with E-state index in [0.29, 0.717) is 33.7 Å². The SMILES string of the molecule is CC[C@@H](NC)[C@H]1CCN(c2c(F)cc3c(=O)c4c(=O)[nH]sc4n(C4CC4)c3c2OC)C1. The number of rotatable bonds is 6. The summed E-state index contributed by atoms with van der Waals surface area (Å²) >= 11 is 1.16. The van der Waals surface area contributed by atoms with E-state index in [9.17, 15) is 9.59 Å². The fourth-order valence-electron chi connectivity index (χ4n) is 5.18. The number of ether oxygens (including phenoxy) is 1. The maximum absolute atomic E-state index is 15.5. The number of anilines is 1. The Balaban J connectivity index is 1.76. The van der Waals surface area contributed by atoms with Crippen molar-refractivity contribution >= 4 is 38.3 Å². The van der Waals surface area contributed by atoms with E-state index in [1.807, 2.05) is 16.5 Å². The van der Waals surface area contributed by atoms with Crippen LogP contribution in [0.2, 0.25) is 0 Å². The van der Waals surface area contributed by atoms with Crippen molar-refractivity contribution in [3.8, 4) is 5.75 Å². The van der Waals surface area contributed by atoms with Crippen LogP contribution in [0.25, 0.3) is 21.1 Å². The molecule has 166 valence electrons. The number of nitrogens with one attached hydrogen (secondary N) is 2. The first-order valence-electron chi connectivity index (χ1n) is 10.9. The highest BCUT2D eigenvalue weighted by Gasteiger charge is 2.35. The Morgan fingerprint density at radius 3 is 2.77 bits per heavy atom. The molecule has 0 amide bonds. The fraction of sp³-hybridized carbons (Fsp3) is 0.545. The number of halogens is 1. The number of aromatic nitrogens is 2. The second kappa shape index (κ2) is 7.63. The van der Waals surface area contributed by atoms with Crippen molar-refractivity contribution in [1.82, 2.24) is 14.3 Å². The summed E-state index contributed by atoms with van der Waals surface area (Å²) < 4.78 is 26.0. The largest absolute Gasteiger partial charge is 0.492 e. The van der Waals surface area contributed by atoms with E-state index in [2.05, 4.69) is 16.6 Å². The molecule has 2 fully saturated rings. The van der Waals surface area contributed by atoms with Gasteiger partial charge < -0.3 is 19.5 Å². The summed E-state index contributed by atoms with van der Waals surface area (Å²) in [6.07, 6.45) is 3.90. The van der Waals surface area contributed by atoms with E-state index in [1.165, 1.54) is 13.2 Å². The number of pyridine rings is 1. The summed E-state index contributed by atoms with van der Waals surface area (Å²) in [5, 5.41) is 3.69. The van der Waals surface area contributed by atoms with Gasteiger partial charge in [-0.3, -0.25) is 14.0 Å². The summed E-state index contributed by atoms with van der Waals surface area (Å²) in [7, 11) is 3.50. The van der Waals surface area contributed by atoms with Gasteiger partial charge in [-0.15, -0.1) is 0 Å². The van der Waals surface area contributed by atoms with Gasteiger partial charge in [0.15, 0.2) is 11.6 Å². The number of hydrogen-bond donors (Lipinski definition) is 2. The minimum Gasteiger partial charge on any atom is -0.492 e. The molecular formula is C22H27FN4O3S. The number of benzene rings is 1. The normalized spacial score (nSPS) is 20.1. The molecule has 0 radical (unpaired) electrons. The van der Waals surface area contributed by atoms with Crippen LogP contribution in [-0.4, -0.2) is 42.2 Å². The Labute approximate surface area is 183 Å². The zero-order chi connectivity index (χ0) is 21.9. The third-order valence-electron chi connectivity index (χ3n) is 6.83. The first-order chi connectivity index (χ1) is 15.0. The lowest BCUT2D eigenvalue weighted by atomic mass is 9.97. The van der Waals surface area contributed by atoms with E-state index < -0.39 is 16.8 Å². The van der Waals surface area contributed by atoms with Crippen molar-refractivity contribution in [2.75, 3.05) is 32.1 Å². The smallest absolute Gasteiger partial charge is 0.271 e. The van der Waals surface area contributed by atoms with Crippen molar-refractivity contribution < 1.29 is 9.13 Å². The molecule has 0 spiro atoms. The van der Waals surface area contributed by atoms with Crippen LogP contribution in [-0.2, 0) is 0 Å². The molecule has 3 heterocycles. The Morgan fingerprint density at radius 2 is 2.13 bits per heavy atom. The first-order valence-corrected chi connectivity index (χ1v) is 11.7. The average Bonchev–Trinajstić information content (AvgIpc) is 3.36. The maximum Gasteiger partial charge on any atom is 0.271 e. The van der Waals surface area contributed by atoms with Crippen molar-refractivity contribution in [3.05, 3.63) is 32.5 Å². The molecule has 2 aliphatic rings. The molecule has 1 aromatic carbocycles. The van der Waals surface area contributed by atoms with Crippen LogP contribution in [0, 0.1) is 11.7 Å². The van der Waals surface area contributed by atoms with Gasteiger partial charge in [0, 0.05) is 25.2 Å². The van der Waals surface area contributed by atoms with Gasteiger partial charge in [0.1, 0.15) is 15.9 Å². The number of hydrogen-bond acceptors (Lipinski definition) is 6. The molecule has 2 atom stereocenters. The molecule has 1 aliphatic heterocycles. The molecule has 0 bridgehead atoms. The Kier molecular flexibility index (Phi) is 5.05. The number of fused-ring (bicyclic) bond motifs is 2. The second-order valence-corrected chi connectivity index (χ2v) is 9.37. The molecule has 2 N–H and O–H groups in total. The van der Waals surface area contributed by atoms with Crippen molar-refractivity contribution in [2.24, 2.45) is 5.92 Å². The number of aromatic amines is 1. The number of methoxy groups -OCH3 is 1. The van der Waals surface area contributed by atoms with Crippen molar-refractivity contribution in [3.63, 3.8) is 0 Å². The van der Waals surface area contributed by atoms with E-state index in [1.54, 1.807) is 0 Å². The second-order valence-electron chi connectivity index (χ2n) is 8.58. The van der Waals surface area contributed by atoms with Crippen LogP contribution < -0.4 is 25.9 Å². The van der Waals surface area contributed by atoms with E-state index >= 15 is 4.39 Å². The van der Waals surface area contributed by atoms with Gasteiger partial charge in [-0.25, -0.2) is 4.39 Å². The van der Waals surface area contributed by atoms with Crippen molar-refractivity contribution in [2.45, 2.75) is 44.7 Å². The zero-order valence-corrected chi connectivity index (χ0v) is 18.8. The Morgan fingerprint density at radius 1 is 1.35 bits per heavy atom. The minimum atomic E-state index is -0.479. The van der Waals surface area contributed by atoms with Gasteiger partial charge in [0.05, 0.1) is 18.0 Å². The van der Waals surface area contributed by atoms with Gasteiger partial charge in [-0.2, -0.15) is 0 Å². The van der Waals surface area contributed by atoms with Gasteiger partial charge in [0.2, 0.25) is 5.43 Å². The van der Waals surface area contributed by atoms with E-state index in [4.69, 9.17) is 4.74 Å². The van der Waals surface area contributed by atoms with E-state index in [0.717, 1.165) is 50.3 Å². The third-order valence-corrected chi connectivity index (χ3v) is 7.71. The van der Waals surface area contributed by atoms with Crippen LogP contribution in [0.5, 0.6) is 5.75 Å². The lowest BCUT2D eigenvalue weighted by Crippen LogP contribution is -2.35. The third kappa shape index (κ3) is 3.09. The van der Waals surface area contributed by atoms with Crippen LogP contribution in [0.15, 0.2) is 15.7 Å². The van der Waals surface area contributed by atoms with Gasteiger partial charge >= 0.3 is 0 Å². The van der Waals surface area contributed by atoms with Crippen LogP contribution in [0.3, 0.4) is 0 Å². The van der Waals surface area contributed by atoms with Crippen LogP contribution in [0.1, 0.15) is 38.6 Å². The highest BCUT2D eigenvalue weighted by atomic mass is 32.1. The van der Waals surface area contributed by atoms with Gasteiger partial charge in [0.25, 0.3) is 5.56 Å². The first kappa shape index (κ1) is 20.5. The quantitative estimate of drug-likeness (QED) is 0.608. The summed E-state index contributed by atoms with van der Waals surface area (Å²) in [6, 6.07) is 1.86. The summed E-state index contributed by atoms with van der Waals surface area (Å²) in [5.74, 6) is 0.325. The molecule has 3 aromatic rings. The molecule has 1 saturated carbocycles. The van der Waals surface area contributed by atoms with Crippen LogP contribution in [0.4, 0.5) is 10.1 Å². The average molecular weight is 447 g/mol. The molecule has 9 heteroatoms. The highest BCUT2D eigenvalue weighted by molar-refractivity contribution is 7.12. The molecule has 0 unspecified atom stereocenters. The topological polar surface area (TPSA) is 79.4 Å². The lowest BCUT2D eigenvalue weighted by molar-refractivity contribution is 0.389. The number of H-pyrrole nitrogens is 1.